The number of hydrogen-bond acceptors (Lipinski definition) is 3. The summed E-state index contributed by atoms with van der Waals surface area (Å²) in [6.07, 6.45) is 4.28. The van der Waals surface area contributed by atoms with Crippen LogP contribution >= 0.6 is 0 Å². The van der Waals surface area contributed by atoms with E-state index in [0.717, 1.165) is 48.0 Å². The average Bonchev–Trinajstić information content (AvgIpc) is 2.87. The zero-order valence-corrected chi connectivity index (χ0v) is 12.7. The average molecular weight is 286 g/mol. The van der Waals surface area contributed by atoms with E-state index in [4.69, 9.17) is 4.42 Å². The number of benzene rings is 1. The van der Waals surface area contributed by atoms with Gasteiger partial charge in [-0.25, -0.2) is 0 Å². The summed E-state index contributed by atoms with van der Waals surface area (Å²) in [7, 11) is 0. The van der Waals surface area contributed by atoms with Gasteiger partial charge in [0.05, 0.1) is 12.7 Å². The molecule has 1 unspecified atom stereocenters. The highest BCUT2D eigenvalue weighted by Gasteiger charge is 2.17. The van der Waals surface area contributed by atoms with Gasteiger partial charge in [-0.05, 0) is 44.4 Å². The zero-order chi connectivity index (χ0) is 14.8. The van der Waals surface area contributed by atoms with E-state index in [2.05, 4.69) is 30.5 Å². The highest BCUT2D eigenvalue weighted by Crippen LogP contribution is 2.26. The van der Waals surface area contributed by atoms with Crippen molar-refractivity contribution in [2.75, 3.05) is 13.1 Å². The van der Waals surface area contributed by atoms with Gasteiger partial charge in [-0.3, -0.25) is 4.79 Å². The molecular formula is C17H22N2O2. The molecule has 0 radical (unpaired) electrons. The molecule has 4 heteroatoms. The Hall–Kier alpha value is -1.81. The lowest BCUT2D eigenvalue weighted by molar-refractivity contribution is -0.121. The van der Waals surface area contributed by atoms with Crippen LogP contribution in [0.15, 0.2) is 22.8 Å². The maximum atomic E-state index is 12.2. The predicted octanol–water partition coefficient (Wildman–Crippen LogP) is 2.46. The topological polar surface area (TPSA) is 54.3 Å². The van der Waals surface area contributed by atoms with Gasteiger partial charge in [0.25, 0.3) is 0 Å². The number of piperidine rings is 1. The fourth-order valence-electron chi connectivity index (χ4n) is 2.95. The van der Waals surface area contributed by atoms with Crippen LogP contribution in [0.5, 0.6) is 0 Å². The summed E-state index contributed by atoms with van der Waals surface area (Å²) in [5.41, 5.74) is 4.23. The van der Waals surface area contributed by atoms with Crippen molar-refractivity contribution in [3.8, 4) is 0 Å². The molecule has 1 aromatic carbocycles. The Morgan fingerprint density at radius 3 is 3.05 bits per heavy atom. The molecule has 4 nitrogen and oxygen atoms in total. The molecule has 2 N–H and O–H groups in total. The molecular weight excluding hydrogens is 264 g/mol. The summed E-state index contributed by atoms with van der Waals surface area (Å²) in [5.74, 6) is 0.0737. The lowest BCUT2D eigenvalue weighted by atomic mass is 10.0. The first-order valence-electron chi connectivity index (χ1n) is 7.61. The number of amides is 1. The van der Waals surface area contributed by atoms with Gasteiger partial charge >= 0.3 is 0 Å². The second-order valence-electron chi connectivity index (χ2n) is 5.93. The minimum Gasteiger partial charge on any atom is -0.464 e. The molecule has 1 aliphatic rings. The standard InChI is InChI=1S/C17H22N2O2/c1-11-5-6-15-13(10-21-17(15)12(11)2)8-16(20)19-14-4-3-7-18-9-14/h5-6,10,14,18H,3-4,7-9H2,1-2H3,(H,19,20). The molecule has 0 saturated carbocycles. The van der Waals surface area contributed by atoms with Gasteiger partial charge in [0.15, 0.2) is 0 Å². The Morgan fingerprint density at radius 2 is 2.29 bits per heavy atom. The molecule has 1 fully saturated rings. The zero-order valence-electron chi connectivity index (χ0n) is 12.7. The Kier molecular flexibility index (Phi) is 3.97. The fraction of sp³-hybridized carbons (Fsp3) is 0.471. The van der Waals surface area contributed by atoms with Gasteiger partial charge in [0.2, 0.25) is 5.91 Å². The third-order valence-electron chi connectivity index (χ3n) is 4.35. The highest BCUT2D eigenvalue weighted by molar-refractivity contribution is 5.89. The third kappa shape index (κ3) is 2.95. The lowest BCUT2D eigenvalue weighted by Gasteiger charge is -2.23. The van der Waals surface area contributed by atoms with Gasteiger partial charge in [-0.1, -0.05) is 12.1 Å². The number of hydrogen-bond donors (Lipinski definition) is 2. The third-order valence-corrected chi connectivity index (χ3v) is 4.35. The second-order valence-corrected chi connectivity index (χ2v) is 5.93. The van der Waals surface area contributed by atoms with Crippen LogP contribution in [-0.4, -0.2) is 25.0 Å². The van der Waals surface area contributed by atoms with E-state index in [9.17, 15) is 4.79 Å². The van der Waals surface area contributed by atoms with Crippen LogP contribution in [0.1, 0.15) is 29.5 Å². The fourth-order valence-corrected chi connectivity index (χ4v) is 2.95. The van der Waals surface area contributed by atoms with E-state index in [-0.39, 0.29) is 11.9 Å². The molecule has 1 atom stereocenters. The summed E-state index contributed by atoms with van der Waals surface area (Å²) < 4.78 is 5.66. The Bertz CT molecular complexity index is 654. The number of fused-ring (bicyclic) bond motifs is 1. The van der Waals surface area contributed by atoms with Gasteiger partial charge in [0, 0.05) is 23.5 Å². The SMILES string of the molecule is Cc1ccc2c(CC(=O)NC3CCCNC3)coc2c1C. The molecule has 21 heavy (non-hydrogen) atoms. The molecule has 0 bridgehead atoms. The normalized spacial score (nSPS) is 18.9. The maximum Gasteiger partial charge on any atom is 0.224 e. The van der Waals surface area contributed by atoms with Gasteiger partial charge in [-0.15, -0.1) is 0 Å². The highest BCUT2D eigenvalue weighted by atomic mass is 16.3. The van der Waals surface area contributed by atoms with Crippen molar-refractivity contribution in [2.45, 2.75) is 39.2 Å². The molecule has 1 aromatic heterocycles. The number of furan rings is 1. The van der Waals surface area contributed by atoms with Crippen LogP contribution in [0, 0.1) is 13.8 Å². The molecule has 1 saturated heterocycles. The molecule has 0 spiro atoms. The quantitative estimate of drug-likeness (QED) is 0.911. The molecule has 1 aliphatic heterocycles. The number of nitrogens with one attached hydrogen (secondary N) is 2. The van der Waals surface area contributed by atoms with E-state index in [1.54, 1.807) is 6.26 Å². The van der Waals surface area contributed by atoms with Crippen molar-refractivity contribution in [3.63, 3.8) is 0 Å². The van der Waals surface area contributed by atoms with Crippen LogP contribution in [-0.2, 0) is 11.2 Å². The van der Waals surface area contributed by atoms with E-state index >= 15 is 0 Å². The number of rotatable bonds is 3. The van der Waals surface area contributed by atoms with E-state index in [0.29, 0.717) is 6.42 Å². The van der Waals surface area contributed by atoms with E-state index in [1.807, 2.05) is 6.07 Å². The summed E-state index contributed by atoms with van der Waals surface area (Å²) in [6, 6.07) is 4.39. The van der Waals surface area contributed by atoms with Crippen molar-refractivity contribution < 1.29 is 9.21 Å². The van der Waals surface area contributed by atoms with E-state index in [1.165, 1.54) is 5.56 Å². The molecule has 112 valence electrons. The summed E-state index contributed by atoms with van der Waals surface area (Å²) in [4.78, 5) is 12.2. The van der Waals surface area contributed by atoms with Gasteiger partial charge in [-0.2, -0.15) is 0 Å². The number of carbonyl (C=O) groups excluding carboxylic acids is 1. The minimum absolute atomic E-state index is 0.0737. The number of aryl methyl sites for hydroxylation is 2. The van der Waals surface area contributed by atoms with E-state index < -0.39 is 0 Å². The molecule has 2 heterocycles. The summed E-state index contributed by atoms with van der Waals surface area (Å²) in [6.45, 7) is 6.05. The summed E-state index contributed by atoms with van der Waals surface area (Å²) >= 11 is 0. The smallest absolute Gasteiger partial charge is 0.224 e. The lowest BCUT2D eigenvalue weighted by Crippen LogP contribution is -2.46. The van der Waals surface area contributed by atoms with Crippen molar-refractivity contribution >= 4 is 16.9 Å². The van der Waals surface area contributed by atoms with Crippen LogP contribution < -0.4 is 10.6 Å². The summed E-state index contributed by atoms with van der Waals surface area (Å²) in [5, 5.41) is 7.46. The van der Waals surface area contributed by atoms with Crippen LogP contribution in [0.25, 0.3) is 11.0 Å². The minimum atomic E-state index is 0.0737. The van der Waals surface area contributed by atoms with Crippen molar-refractivity contribution in [2.24, 2.45) is 0 Å². The first kappa shape index (κ1) is 14.1. The van der Waals surface area contributed by atoms with Crippen molar-refractivity contribution in [3.05, 3.63) is 35.1 Å². The largest absolute Gasteiger partial charge is 0.464 e. The Labute approximate surface area is 124 Å². The first-order valence-corrected chi connectivity index (χ1v) is 7.61. The molecule has 2 aromatic rings. The molecule has 0 aliphatic carbocycles. The van der Waals surface area contributed by atoms with Crippen LogP contribution in [0.3, 0.4) is 0 Å². The van der Waals surface area contributed by atoms with Gasteiger partial charge in [0.1, 0.15) is 5.58 Å². The molecule has 1 amide bonds. The second kappa shape index (κ2) is 5.90. The van der Waals surface area contributed by atoms with Crippen LogP contribution in [0.4, 0.5) is 0 Å². The van der Waals surface area contributed by atoms with Crippen molar-refractivity contribution in [1.29, 1.82) is 0 Å². The maximum absolute atomic E-state index is 12.2. The van der Waals surface area contributed by atoms with Crippen LogP contribution in [0.2, 0.25) is 0 Å². The Balaban J connectivity index is 1.72. The number of carbonyl (C=O) groups is 1. The first-order chi connectivity index (χ1) is 10.1. The van der Waals surface area contributed by atoms with Crippen molar-refractivity contribution in [1.82, 2.24) is 10.6 Å². The Morgan fingerprint density at radius 1 is 1.43 bits per heavy atom. The molecule has 3 rings (SSSR count). The predicted molar refractivity (Wildman–Crippen MR) is 83.4 cm³/mol. The monoisotopic (exact) mass is 286 g/mol. The van der Waals surface area contributed by atoms with Gasteiger partial charge < -0.3 is 15.1 Å².